The first kappa shape index (κ1) is 16.9. The van der Waals surface area contributed by atoms with Gasteiger partial charge in [0.15, 0.2) is 0 Å². The van der Waals surface area contributed by atoms with Gasteiger partial charge in [0.2, 0.25) is 0 Å². The molecule has 1 aliphatic rings. The van der Waals surface area contributed by atoms with Crippen LogP contribution in [0.25, 0.3) is 0 Å². The topological polar surface area (TPSA) is 86.6 Å². The third-order valence-electron chi connectivity index (χ3n) is 2.98. The lowest BCUT2D eigenvalue weighted by atomic mass is 9.99. The van der Waals surface area contributed by atoms with Crippen LogP contribution in [-0.2, 0) is 9.59 Å². The molecule has 0 aromatic rings. The maximum absolute atomic E-state index is 10.5. The van der Waals surface area contributed by atoms with E-state index in [1.165, 1.54) is 0 Å². The molecule has 0 aliphatic carbocycles. The van der Waals surface area contributed by atoms with Gasteiger partial charge in [0.1, 0.15) is 6.04 Å². The van der Waals surface area contributed by atoms with Crippen LogP contribution in [0.1, 0.15) is 52.4 Å². The van der Waals surface area contributed by atoms with Crippen molar-refractivity contribution in [2.75, 3.05) is 6.54 Å². The van der Waals surface area contributed by atoms with Crippen LogP contribution in [0, 0.1) is 5.92 Å². The Morgan fingerprint density at radius 2 is 1.78 bits per heavy atom. The molecule has 106 valence electrons. The number of hydrogen-bond donors (Lipinski definition) is 3. The number of hydrogen-bond acceptors (Lipinski definition) is 3. The minimum absolute atomic E-state index is 0.102. The average Bonchev–Trinajstić information content (AvgIpc) is 2.83. The summed E-state index contributed by atoms with van der Waals surface area (Å²) in [6, 6.07) is -0.269. The predicted octanol–water partition coefficient (Wildman–Crippen LogP) is 2.11. The van der Waals surface area contributed by atoms with Crippen molar-refractivity contribution >= 4 is 11.9 Å². The van der Waals surface area contributed by atoms with E-state index in [9.17, 15) is 9.59 Å². The summed E-state index contributed by atoms with van der Waals surface area (Å²) in [5.41, 5.74) is 0. The van der Waals surface area contributed by atoms with Crippen LogP contribution in [-0.4, -0.2) is 34.7 Å². The average molecular weight is 259 g/mol. The highest BCUT2D eigenvalue weighted by Gasteiger charge is 2.20. The second-order valence-corrected chi connectivity index (χ2v) is 4.60. The minimum atomic E-state index is -0.720. The van der Waals surface area contributed by atoms with Gasteiger partial charge < -0.3 is 15.5 Å². The molecule has 1 saturated heterocycles. The highest BCUT2D eigenvalue weighted by atomic mass is 16.4. The standard InChI is InChI=1S/C8H16O2.C5H9NO2/c1-3-5-7(6-4-2)8(9)10;7-5(8)4-2-1-3-6-4/h7H,3-6H2,1-2H3,(H,9,10);4,6H,1-3H2,(H,7,8). The molecule has 1 heterocycles. The van der Waals surface area contributed by atoms with Crippen LogP contribution in [0.2, 0.25) is 0 Å². The van der Waals surface area contributed by atoms with Gasteiger partial charge in [-0.3, -0.25) is 9.59 Å². The Hall–Kier alpha value is -1.10. The van der Waals surface area contributed by atoms with Gasteiger partial charge in [-0.2, -0.15) is 0 Å². The molecule has 1 rings (SSSR count). The first-order valence-corrected chi connectivity index (χ1v) is 6.71. The van der Waals surface area contributed by atoms with Crippen LogP contribution in [0.15, 0.2) is 0 Å². The van der Waals surface area contributed by atoms with E-state index in [0.29, 0.717) is 0 Å². The number of nitrogens with one attached hydrogen (secondary N) is 1. The van der Waals surface area contributed by atoms with Gasteiger partial charge in [-0.25, -0.2) is 0 Å². The minimum Gasteiger partial charge on any atom is -0.481 e. The largest absolute Gasteiger partial charge is 0.481 e. The van der Waals surface area contributed by atoms with E-state index in [-0.39, 0.29) is 12.0 Å². The number of carbonyl (C=O) groups is 2. The van der Waals surface area contributed by atoms with Gasteiger partial charge in [0.25, 0.3) is 0 Å². The monoisotopic (exact) mass is 259 g/mol. The summed E-state index contributed by atoms with van der Waals surface area (Å²) in [4.78, 5) is 20.6. The molecule has 18 heavy (non-hydrogen) atoms. The Morgan fingerprint density at radius 1 is 1.22 bits per heavy atom. The Bertz CT molecular complexity index is 243. The number of aliphatic carboxylic acids is 2. The molecule has 0 saturated carbocycles. The molecule has 1 aliphatic heterocycles. The van der Waals surface area contributed by atoms with Crippen LogP contribution in [0.5, 0.6) is 0 Å². The summed E-state index contributed by atoms with van der Waals surface area (Å²) in [7, 11) is 0. The highest BCUT2D eigenvalue weighted by Crippen LogP contribution is 2.12. The van der Waals surface area contributed by atoms with E-state index >= 15 is 0 Å². The van der Waals surface area contributed by atoms with Crippen molar-refractivity contribution in [2.45, 2.75) is 58.4 Å². The number of rotatable bonds is 6. The van der Waals surface area contributed by atoms with E-state index in [1.54, 1.807) is 0 Å². The highest BCUT2D eigenvalue weighted by molar-refractivity contribution is 5.73. The quantitative estimate of drug-likeness (QED) is 0.680. The summed E-state index contributed by atoms with van der Waals surface area (Å²) in [5.74, 6) is -1.46. The molecule has 0 aromatic carbocycles. The zero-order chi connectivity index (χ0) is 14.0. The molecular formula is C13H25NO4. The third-order valence-corrected chi connectivity index (χ3v) is 2.98. The van der Waals surface area contributed by atoms with Crippen molar-refractivity contribution in [1.29, 1.82) is 0 Å². The lowest BCUT2D eigenvalue weighted by Crippen LogP contribution is -2.29. The SMILES string of the molecule is CCCC(CCC)C(=O)O.O=C(O)C1CCCN1. The lowest BCUT2D eigenvalue weighted by Gasteiger charge is -2.07. The van der Waals surface area contributed by atoms with Gasteiger partial charge in [0, 0.05) is 0 Å². The third kappa shape index (κ3) is 7.27. The Morgan fingerprint density at radius 3 is 2.00 bits per heavy atom. The maximum atomic E-state index is 10.5. The first-order chi connectivity index (χ1) is 8.52. The molecule has 1 atom stereocenters. The van der Waals surface area contributed by atoms with Crippen molar-refractivity contribution in [2.24, 2.45) is 5.92 Å². The van der Waals surface area contributed by atoms with Crippen LogP contribution in [0.3, 0.4) is 0 Å². The molecule has 0 spiro atoms. The molecule has 1 unspecified atom stereocenters. The normalized spacial score (nSPS) is 18.3. The fourth-order valence-corrected chi connectivity index (χ4v) is 1.98. The number of carboxylic acids is 2. The summed E-state index contributed by atoms with van der Waals surface area (Å²) in [6.45, 7) is 4.90. The molecule has 3 N–H and O–H groups in total. The van der Waals surface area contributed by atoms with Crippen molar-refractivity contribution in [3.8, 4) is 0 Å². The second kappa shape index (κ2) is 9.88. The van der Waals surface area contributed by atoms with E-state index in [2.05, 4.69) is 5.32 Å². The molecular weight excluding hydrogens is 234 g/mol. The fourth-order valence-electron chi connectivity index (χ4n) is 1.98. The summed E-state index contributed by atoms with van der Waals surface area (Å²) < 4.78 is 0. The van der Waals surface area contributed by atoms with Crippen LogP contribution < -0.4 is 5.32 Å². The molecule has 5 heteroatoms. The zero-order valence-electron chi connectivity index (χ0n) is 11.3. The Balaban J connectivity index is 0.000000327. The van der Waals surface area contributed by atoms with E-state index in [1.807, 2.05) is 13.8 Å². The van der Waals surface area contributed by atoms with E-state index < -0.39 is 11.9 Å². The van der Waals surface area contributed by atoms with E-state index in [0.717, 1.165) is 45.1 Å². The summed E-state index contributed by atoms with van der Waals surface area (Å²) in [6.07, 6.45) is 5.37. The van der Waals surface area contributed by atoms with Crippen molar-refractivity contribution < 1.29 is 19.8 Å². The molecule has 0 bridgehead atoms. The smallest absolute Gasteiger partial charge is 0.320 e. The first-order valence-electron chi connectivity index (χ1n) is 6.71. The molecule has 0 aromatic heterocycles. The van der Waals surface area contributed by atoms with Gasteiger partial charge in [-0.1, -0.05) is 26.7 Å². The van der Waals surface area contributed by atoms with Gasteiger partial charge in [-0.15, -0.1) is 0 Å². The lowest BCUT2D eigenvalue weighted by molar-refractivity contribution is -0.142. The maximum Gasteiger partial charge on any atom is 0.320 e. The van der Waals surface area contributed by atoms with Gasteiger partial charge >= 0.3 is 11.9 Å². The number of carboxylic acid groups (broad SMARTS) is 2. The Kier molecular flexibility index (Phi) is 9.28. The summed E-state index contributed by atoms with van der Waals surface area (Å²) in [5, 5.41) is 19.8. The fraction of sp³-hybridized carbons (Fsp3) is 0.846. The molecule has 5 nitrogen and oxygen atoms in total. The zero-order valence-corrected chi connectivity index (χ0v) is 11.3. The predicted molar refractivity (Wildman–Crippen MR) is 69.6 cm³/mol. The van der Waals surface area contributed by atoms with Crippen molar-refractivity contribution in [1.82, 2.24) is 5.32 Å². The van der Waals surface area contributed by atoms with Gasteiger partial charge in [-0.05, 0) is 32.2 Å². The Labute approximate surface area is 109 Å². The van der Waals surface area contributed by atoms with Crippen LogP contribution in [0.4, 0.5) is 0 Å². The molecule has 0 amide bonds. The second-order valence-electron chi connectivity index (χ2n) is 4.60. The molecule has 1 fully saturated rings. The van der Waals surface area contributed by atoms with Crippen molar-refractivity contribution in [3.63, 3.8) is 0 Å². The van der Waals surface area contributed by atoms with E-state index in [4.69, 9.17) is 10.2 Å². The van der Waals surface area contributed by atoms with Gasteiger partial charge in [0.05, 0.1) is 5.92 Å². The summed E-state index contributed by atoms with van der Waals surface area (Å²) >= 11 is 0. The van der Waals surface area contributed by atoms with Crippen LogP contribution >= 0.6 is 0 Å². The van der Waals surface area contributed by atoms with Crippen molar-refractivity contribution in [3.05, 3.63) is 0 Å². The molecule has 0 radical (unpaired) electrons.